The number of halogens is 2. The molecule has 0 unspecified atom stereocenters. The normalized spacial score (nSPS) is 10.7. The molecule has 0 aromatic carbocycles. The van der Waals surface area contributed by atoms with E-state index >= 15 is 0 Å². The minimum Gasteiger partial charge on any atom is -0.353 e. The lowest BCUT2D eigenvalue weighted by molar-refractivity contribution is 0.620. The molecule has 2 aromatic heterocycles. The third-order valence-corrected chi connectivity index (χ3v) is 4.57. The highest BCUT2D eigenvalue weighted by Crippen LogP contribution is 2.29. The van der Waals surface area contributed by atoms with Gasteiger partial charge in [-0.05, 0) is 11.6 Å². The Labute approximate surface area is 117 Å². The van der Waals surface area contributed by atoms with Crippen molar-refractivity contribution in [2.45, 2.75) is 10.1 Å². The maximum Gasteiger partial charge on any atom is 0.208 e. The lowest BCUT2D eigenvalue weighted by Gasteiger charge is -2.03. The van der Waals surface area contributed by atoms with Crippen LogP contribution in [0.25, 0.3) is 0 Å². The molecular weight excluding hydrogens is 295 g/mol. The van der Waals surface area contributed by atoms with E-state index in [9.17, 15) is 4.39 Å². The zero-order chi connectivity index (χ0) is 13.1. The fourth-order valence-corrected chi connectivity index (χ4v) is 2.91. The molecule has 0 aliphatic heterocycles. The number of thioether (sulfide) groups is 1. The van der Waals surface area contributed by atoms with Crippen molar-refractivity contribution in [2.75, 3.05) is 19.0 Å². The summed E-state index contributed by atoms with van der Waals surface area (Å²) in [7, 11) is 3.82. The van der Waals surface area contributed by atoms with Crippen molar-refractivity contribution < 1.29 is 4.39 Å². The van der Waals surface area contributed by atoms with Crippen molar-refractivity contribution in [3.8, 4) is 0 Å². The van der Waals surface area contributed by atoms with Crippen molar-refractivity contribution in [1.29, 1.82) is 0 Å². The van der Waals surface area contributed by atoms with Crippen molar-refractivity contribution >= 4 is 39.8 Å². The summed E-state index contributed by atoms with van der Waals surface area (Å²) in [5.41, 5.74) is 0.767. The van der Waals surface area contributed by atoms with Crippen LogP contribution in [0.2, 0.25) is 5.15 Å². The van der Waals surface area contributed by atoms with Gasteiger partial charge in [0.05, 0.1) is 0 Å². The van der Waals surface area contributed by atoms with Gasteiger partial charge in [-0.25, -0.2) is 9.37 Å². The zero-order valence-corrected chi connectivity index (χ0v) is 12.1. The zero-order valence-electron chi connectivity index (χ0n) is 9.72. The molecule has 0 radical (unpaired) electrons. The lowest BCUT2D eigenvalue weighted by Crippen LogP contribution is -2.07. The van der Waals surface area contributed by atoms with Crippen LogP contribution in [0.4, 0.5) is 9.52 Å². The molecule has 2 rings (SSSR count). The van der Waals surface area contributed by atoms with Gasteiger partial charge in [0.1, 0.15) is 0 Å². The topological polar surface area (TPSA) is 41.9 Å². The fraction of sp³-hybridized carbons (Fsp3) is 0.300. The molecule has 0 aliphatic carbocycles. The molecule has 2 heterocycles. The molecule has 0 atom stereocenters. The molecule has 18 heavy (non-hydrogen) atoms. The second-order valence-corrected chi connectivity index (χ2v) is 6.19. The second-order valence-electron chi connectivity index (χ2n) is 3.65. The smallest absolute Gasteiger partial charge is 0.208 e. The van der Waals surface area contributed by atoms with E-state index in [4.69, 9.17) is 11.6 Å². The van der Waals surface area contributed by atoms with Gasteiger partial charge in [-0.2, -0.15) is 0 Å². The lowest BCUT2D eigenvalue weighted by atomic mass is 10.3. The molecule has 0 saturated heterocycles. The number of aromatic nitrogens is 3. The Morgan fingerprint density at radius 1 is 1.44 bits per heavy atom. The highest BCUT2D eigenvalue weighted by Gasteiger charge is 2.08. The monoisotopic (exact) mass is 304 g/mol. The standard InChI is InChI=1S/C10H10ClFN4S2/c1-16(2)9-14-15-10(18-9)17-5-6-3-7(12)8(11)13-4-6/h3-4H,5H2,1-2H3. The Bertz CT molecular complexity index is 546. The van der Waals surface area contributed by atoms with E-state index in [1.165, 1.54) is 29.2 Å². The van der Waals surface area contributed by atoms with Crippen molar-refractivity contribution in [1.82, 2.24) is 15.2 Å². The Balaban J connectivity index is 2.00. The number of anilines is 1. The van der Waals surface area contributed by atoms with Gasteiger partial charge in [-0.15, -0.1) is 10.2 Å². The molecule has 0 amide bonds. The van der Waals surface area contributed by atoms with Crippen LogP contribution < -0.4 is 4.90 Å². The van der Waals surface area contributed by atoms with Gasteiger partial charge in [-0.3, -0.25) is 0 Å². The van der Waals surface area contributed by atoms with Crippen LogP contribution in [0.3, 0.4) is 0 Å². The van der Waals surface area contributed by atoms with E-state index in [2.05, 4.69) is 15.2 Å². The Morgan fingerprint density at radius 3 is 2.83 bits per heavy atom. The summed E-state index contributed by atoms with van der Waals surface area (Å²) < 4.78 is 14.0. The number of nitrogens with zero attached hydrogens (tertiary/aromatic N) is 4. The maximum atomic E-state index is 13.2. The molecule has 0 fully saturated rings. The van der Waals surface area contributed by atoms with E-state index in [1.54, 1.807) is 6.20 Å². The predicted octanol–water partition coefficient (Wildman–Crippen LogP) is 3.08. The van der Waals surface area contributed by atoms with E-state index in [0.29, 0.717) is 5.75 Å². The third kappa shape index (κ3) is 3.30. The van der Waals surface area contributed by atoms with Gasteiger partial charge in [0.15, 0.2) is 15.3 Å². The first-order chi connectivity index (χ1) is 8.56. The summed E-state index contributed by atoms with van der Waals surface area (Å²) >= 11 is 8.51. The average Bonchev–Trinajstić information content (AvgIpc) is 2.79. The van der Waals surface area contributed by atoms with E-state index < -0.39 is 5.82 Å². The number of hydrogen-bond acceptors (Lipinski definition) is 6. The quantitative estimate of drug-likeness (QED) is 0.641. The number of rotatable bonds is 4. The molecule has 2 aromatic rings. The summed E-state index contributed by atoms with van der Waals surface area (Å²) in [6.07, 6.45) is 1.56. The van der Waals surface area contributed by atoms with Crippen LogP contribution in [-0.2, 0) is 5.75 Å². The molecule has 0 bridgehead atoms. The molecule has 96 valence electrons. The highest BCUT2D eigenvalue weighted by atomic mass is 35.5. The van der Waals surface area contributed by atoms with Crippen LogP contribution in [0, 0.1) is 5.82 Å². The average molecular weight is 305 g/mol. The number of hydrogen-bond donors (Lipinski definition) is 0. The van der Waals surface area contributed by atoms with E-state index in [0.717, 1.165) is 15.0 Å². The van der Waals surface area contributed by atoms with Crippen LogP contribution >= 0.6 is 34.7 Å². The first-order valence-corrected chi connectivity index (χ1v) is 7.18. The SMILES string of the molecule is CN(C)c1nnc(SCc2cnc(Cl)c(F)c2)s1. The molecular formula is C10H10ClFN4S2. The minimum absolute atomic E-state index is 0.102. The fourth-order valence-electron chi connectivity index (χ4n) is 1.13. The molecule has 0 spiro atoms. The van der Waals surface area contributed by atoms with Gasteiger partial charge in [0, 0.05) is 26.0 Å². The minimum atomic E-state index is -0.499. The van der Waals surface area contributed by atoms with Gasteiger partial charge in [0.25, 0.3) is 0 Å². The van der Waals surface area contributed by atoms with Gasteiger partial charge < -0.3 is 4.90 Å². The summed E-state index contributed by atoms with van der Waals surface area (Å²) in [6.45, 7) is 0. The summed E-state index contributed by atoms with van der Waals surface area (Å²) in [5.74, 6) is 0.0874. The van der Waals surface area contributed by atoms with Crippen LogP contribution in [0.15, 0.2) is 16.6 Å². The Kier molecular flexibility index (Phi) is 4.36. The summed E-state index contributed by atoms with van der Waals surface area (Å²) in [6, 6.07) is 1.39. The van der Waals surface area contributed by atoms with Gasteiger partial charge in [0.2, 0.25) is 5.13 Å². The van der Waals surface area contributed by atoms with E-state index in [1.807, 2.05) is 19.0 Å². The third-order valence-electron chi connectivity index (χ3n) is 1.99. The largest absolute Gasteiger partial charge is 0.353 e. The highest BCUT2D eigenvalue weighted by molar-refractivity contribution is 8.00. The summed E-state index contributed by atoms with van der Waals surface area (Å²) in [5, 5.41) is 8.81. The van der Waals surface area contributed by atoms with Gasteiger partial charge >= 0.3 is 0 Å². The van der Waals surface area contributed by atoms with Crippen LogP contribution in [-0.4, -0.2) is 29.3 Å². The maximum absolute atomic E-state index is 13.2. The second kappa shape index (κ2) is 5.81. The molecule has 0 aliphatic rings. The molecule has 8 heteroatoms. The predicted molar refractivity (Wildman–Crippen MR) is 73.0 cm³/mol. The molecule has 0 saturated carbocycles. The van der Waals surface area contributed by atoms with Crippen LogP contribution in [0.1, 0.15) is 5.56 Å². The first-order valence-electron chi connectivity index (χ1n) is 5.00. The van der Waals surface area contributed by atoms with E-state index in [-0.39, 0.29) is 5.15 Å². The molecule has 4 nitrogen and oxygen atoms in total. The first kappa shape index (κ1) is 13.5. The summed E-state index contributed by atoms with van der Waals surface area (Å²) in [4.78, 5) is 5.65. The van der Waals surface area contributed by atoms with Crippen LogP contribution in [0.5, 0.6) is 0 Å². The van der Waals surface area contributed by atoms with Crippen molar-refractivity contribution in [2.24, 2.45) is 0 Å². The van der Waals surface area contributed by atoms with Crippen molar-refractivity contribution in [3.63, 3.8) is 0 Å². The number of pyridine rings is 1. The Morgan fingerprint density at radius 2 is 2.22 bits per heavy atom. The Hall–Kier alpha value is -0.920. The van der Waals surface area contributed by atoms with Gasteiger partial charge in [-0.1, -0.05) is 34.7 Å². The molecule has 0 N–H and O–H groups in total. The van der Waals surface area contributed by atoms with Crippen molar-refractivity contribution in [3.05, 3.63) is 28.8 Å².